The third kappa shape index (κ3) is 5.27. The Morgan fingerprint density at radius 1 is 0.636 bits per heavy atom. The van der Waals surface area contributed by atoms with Gasteiger partial charge in [0.2, 0.25) is 0 Å². The second kappa shape index (κ2) is 11.4. The van der Waals surface area contributed by atoms with E-state index in [1.165, 1.54) is 27.0 Å². The first kappa shape index (κ1) is 23.4. The summed E-state index contributed by atoms with van der Waals surface area (Å²) in [5.41, 5.74) is 2.62. The summed E-state index contributed by atoms with van der Waals surface area (Å²) in [5, 5.41) is 14.7. The zero-order chi connectivity index (χ0) is 22.9. The van der Waals surface area contributed by atoms with Crippen molar-refractivity contribution in [1.29, 1.82) is 0 Å². The van der Waals surface area contributed by atoms with Crippen LogP contribution in [-0.2, 0) is 6.42 Å². The maximum absolute atomic E-state index is 10.4. The van der Waals surface area contributed by atoms with E-state index in [4.69, 9.17) is 0 Å². The normalized spacial score (nSPS) is 12.9. The maximum atomic E-state index is 10.4. The Hall–Kier alpha value is -2.73. The van der Waals surface area contributed by atoms with Crippen LogP contribution in [0.25, 0.3) is 0 Å². The molecule has 0 bridgehead atoms. The van der Waals surface area contributed by atoms with Gasteiger partial charge in [-0.1, -0.05) is 0 Å². The molecular formula is C31H35OP. The summed E-state index contributed by atoms with van der Waals surface area (Å²) >= 11 is 0. The minimum absolute atomic E-state index is 0.142. The first-order chi connectivity index (χ1) is 16.3. The molecule has 4 aromatic carbocycles. The summed E-state index contributed by atoms with van der Waals surface area (Å²) in [6.45, 7) is 2.39. The fraction of sp³-hybridized carbons (Fsp3) is 0.226. The van der Waals surface area contributed by atoms with Crippen molar-refractivity contribution in [2.24, 2.45) is 0 Å². The van der Waals surface area contributed by atoms with Crippen molar-refractivity contribution in [2.45, 2.75) is 32.1 Å². The summed E-state index contributed by atoms with van der Waals surface area (Å²) in [6.07, 6.45) is 4.26. The molecule has 0 heterocycles. The molecule has 4 aromatic rings. The number of aliphatic hydroxyl groups is 1. The van der Waals surface area contributed by atoms with Crippen LogP contribution in [0.4, 0.5) is 0 Å². The Balaban J connectivity index is 1.75. The van der Waals surface area contributed by atoms with Crippen LogP contribution in [0.3, 0.4) is 0 Å². The van der Waals surface area contributed by atoms with Crippen molar-refractivity contribution in [3.63, 3.8) is 0 Å². The van der Waals surface area contributed by atoms with Crippen LogP contribution >= 0.6 is 7.26 Å². The van der Waals surface area contributed by atoms with Crippen molar-refractivity contribution in [3.05, 3.63) is 126 Å². The molecule has 0 aliphatic heterocycles. The molecule has 1 nitrogen and oxygen atoms in total. The van der Waals surface area contributed by atoms with E-state index < -0.39 is 7.26 Å². The van der Waals surface area contributed by atoms with Crippen molar-refractivity contribution in [1.82, 2.24) is 0 Å². The van der Waals surface area contributed by atoms with Gasteiger partial charge in [-0.3, -0.25) is 0 Å². The Morgan fingerprint density at radius 3 is 1.48 bits per heavy atom. The third-order valence-electron chi connectivity index (χ3n) is 6.88. The van der Waals surface area contributed by atoms with Crippen molar-refractivity contribution in [3.8, 4) is 0 Å². The SMILES string of the molecule is CCCc1ccc(C(CO)CC[PH](c2ccccc2)(c2ccccc2)c2ccccc2)cc1. The summed E-state index contributed by atoms with van der Waals surface area (Å²) in [6, 6.07) is 42.1. The molecule has 1 N–H and O–H groups in total. The predicted molar refractivity (Wildman–Crippen MR) is 146 cm³/mol. The quantitative estimate of drug-likeness (QED) is 0.299. The molecule has 1 atom stereocenters. The van der Waals surface area contributed by atoms with Gasteiger partial charge in [0.05, 0.1) is 0 Å². The molecule has 0 aliphatic carbocycles. The van der Waals surface area contributed by atoms with E-state index in [0.717, 1.165) is 25.4 Å². The van der Waals surface area contributed by atoms with Crippen LogP contribution in [0.2, 0.25) is 0 Å². The van der Waals surface area contributed by atoms with Crippen LogP contribution < -0.4 is 15.9 Å². The Labute approximate surface area is 199 Å². The zero-order valence-electron chi connectivity index (χ0n) is 19.5. The van der Waals surface area contributed by atoms with Gasteiger partial charge in [-0.05, 0) is 0 Å². The van der Waals surface area contributed by atoms with E-state index in [9.17, 15) is 5.11 Å². The second-order valence-electron chi connectivity index (χ2n) is 8.91. The number of hydrogen-bond acceptors (Lipinski definition) is 1. The van der Waals surface area contributed by atoms with E-state index in [2.05, 4.69) is 122 Å². The molecule has 0 saturated carbocycles. The number of benzene rings is 4. The van der Waals surface area contributed by atoms with Crippen LogP contribution in [0.1, 0.15) is 36.8 Å². The van der Waals surface area contributed by atoms with Gasteiger partial charge in [-0.25, -0.2) is 0 Å². The summed E-state index contributed by atoms with van der Waals surface area (Å²) in [4.78, 5) is 0. The molecule has 0 radical (unpaired) electrons. The molecule has 0 aromatic heterocycles. The average molecular weight is 455 g/mol. The molecular weight excluding hydrogens is 419 g/mol. The minimum atomic E-state index is -2.27. The second-order valence-corrected chi connectivity index (χ2v) is 13.0. The van der Waals surface area contributed by atoms with E-state index in [0.29, 0.717) is 0 Å². The monoisotopic (exact) mass is 454 g/mol. The third-order valence-corrected chi connectivity index (χ3v) is 11.9. The van der Waals surface area contributed by atoms with Crippen LogP contribution in [-0.4, -0.2) is 17.9 Å². The fourth-order valence-electron chi connectivity index (χ4n) is 5.10. The molecule has 0 aliphatic rings. The first-order valence-electron chi connectivity index (χ1n) is 12.1. The van der Waals surface area contributed by atoms with E-state index >= 15 is 0 Å². The van der Waals surface area contributed by atoms with Crippen molar-refractivity contribution < 1.29 is 5.11 Å². The molecule has 0 amide bonds. The predicted octanol–water partition coefficient (Wildman–Crippen LogP) is 5.83. The molecule has 0 saturated heterocycles. The number of rotatable bonds is 10. The van der Waals surface area contributed by atoms with Crippen molar-refractivity contribution in [2.75, 3.05) is 12.8 Å². The van der Waals surface area contributed by atoms with Gasteiger partial charge in [0.15, 0.2) is 0 Å². The van der Waals surface area contributed by atoms with Crippen LogP contribution in [0, 0.1) is 0 Å². The Kier molecular flexibility index (Phi) is 8.10. The molecule has 0 fully saturated rings. The number of hydrogen-bond donors (Lipinski definition) is 1. The summed E-state index contributed by atoms with van der Waals surface area (Å²) in [7, 11) is -2.27. The number of aryl methyl sites for hydroxylation is 1. The van der Waals surface area contributed by atoms with Crippen LogP contribution in [0.5, 0.6) is 0 Å². The zero-order valence-corrected chi connectivity index (χ0v) is 20.5. The van der Waals surface area contributed by atoms with E-state index in [-0.39, 0.29) is 12.5 Å². The topological polar surface area (TPSA) is 20.2 Å². The molecule has 0 spiro atoms. The van der Waals surface area contributed by atoms with Crippen molar-refractivity contribution >= 4 is 23.2 Å². The number of aliphatic hydroxyl groups excluding tert-OH is 1. The standard InChI is InChI=1S/C31H35OP/c1-2-12-26-19-21-27(22-20-26)28(25-32)23-24-33(29-13-6-3-7-14-29,30-15-8-4-9-16-30)31-17-10-5-11-18-31/h3-11,13-22,28,32-33H,2,12,23-25H2,1H3. The molecule has 2 heteroatoms. The summed E-state index contributed by atoms with van der Waals surface area (Å²) in [5.74, 6) is 0.142. The van der Waals surface area contributed by atoms with E-state index in [1.807, 2.05) is 0 Å². The Bertz CT molecular complexity index is 995. The average Bonchev–Trinajstić information content (AvgIpc) is 2.89. The molecule has 33 heavy (non-hydrogen) atoms. The van der Waals surface area contributed by atoms with Gasteiger partial charge in [0, 0.05) is 0 Å². The Morgan fingerprint density at radius 2 is 1.09 bits per heavy atom. The van der Waals surface area contributed by atoms with Gasteiger partial charge in [0.1, 0.15) is 0 Å². The molecule has 4 rings (SSSR count). The first-order valence-corrected chi connectivity index (χ1v) is 14.3. The van der Waals surface area contributed by atoms with Crippen LogP contribution in [0.15, 0.2) is 115 Å². The van der Waals surface area contributed by atoms with Gasteiger partial charge < -0.3 is 0 Å². The van der Waals surface area contributed by atoms with Gasteiger partial charge >= 0.3 is 200 Å². The van der Waals surface area contributed by atoms with Gasteiger partial charge in [-0.2, -0.15) is 0 Å². The van der Waals surface area contributed by atoms with E-state index in [1.54, 1.807) is 0 Å². The summed E-state index contributed by atoms with van der Waals surface area (Å²) < 4.78 is 0. The van der Waals surface area contributed by atoms with Gasteiger partial charge in [-0.15, -0.1) is 0 Å². The van der Waals surface area contributed by atoms with Gasteiger partial charge in [0.25, 0.3) is 0 Å². The fourth-order valence-corrected chi connectivity index (χ4v) is 10.0. The molecule has 170 valence electrons. The molecule has 1 unspecified atom stereocenters.